The average molecular weight is 270 g/mol. The summed E-state index contributed by atoms with van der Waals surface area (Å²) in [6, 6.07) is 8.42. The van der Waals surface area contributed by atoms with Crippen LogP contribution >= 0.6 is 0 Å². The highest BCUT2D eigenvalue weighted by molar-refractivity contribution is 5.84. The molecule has 0 aliphatic rings. The quantitative estimate of drug-likeness (QED) is 0.444. The van der Waals surface area contributed by atoms with Crippen LogP contribution < -0.4 is 10.6 Å². The van der Waals surface area contributed by atoms with Gasteiger partial charge in [0, 0.05) is 36.7 Å². The van der Waals surface area contributed by atoms with Crippen LogP contribution in [0.3, 0.4) is 0 Å². The van der Waals surface area contributed by atoms with Crippen LogP contribution in [0.15, 0.2) is 41.9 Å². The van der Waals surface area contributed by atoms with E-state index in [0.29, 0.717) is 6.54 Å². The number of rotatable bonds is 5. The average Bonchev–Trinajstić information content (AvgIpc) is 2.78. The molecule has 1 aromatic carbocycles. The Morgan fingerprint density at radius 2 is 2.15 bits per heavy atom. The molecule has 106 valence electrons. The van der Waals surface area contributed by atoms with Gasteiger partial charge in [-0.3, -0.25) is 4.99 Å². The fourth-order valence-electron chi connectivity index (χ4n) is 2.35. The van der Waals surface area contributed by atoms with Gasteiger partial charge < -0.3 is 15.6 Å². The molecule has 2 rings (SSSR count). The van der Waals surface area contributed by atoms with Gasteiger partial charge in [0.05, 0.1) is 0 Å². The molecule has 0 atom stereocenters. The van der Waals surface area contributed by atoms with Gasteiger partial charge in [0.15, 0.2) is 5.96 Å². The maximum atomic E-state index is 4.17. The monoisotopic (exact) mass is 270 g/mol. The van der Waals surface area contributed by atoms with Gasteiger partial charge in [0.2, 0.25) is 0 Å². The summed E-state index contributed by atoms with van der Waals surface area (Å²) in [5.74, 6) is 0.808. The molecule has 1 aromatic heterocycles. The minimum absolute atomic E-state index is 0.714. The summed E-state index contributed by atoms with van der Waals surface area (Å²) in [5.41, 5.74) is 3.81. The highest BCUT2D eigenvalue weighted by Crippen LogP contribution is 2.21. The van der Waals surface area contributed by atoms with Gasteiger partial charge in [-0.2, -0.15) is 0 Å². The molecule has 0 aliphatic heterocycles. The van der Waals surface area contributed by atoms with Crippen molar-refractivity contribution in [3.05, 3.63) is 48.2 Å². The van der Waals surface area contributed by atoms with Crippen LogP contribution in [-0.4, -0.2) is 31.1 Å². The third-order valence-electron chi connectivity index (χ3n) is 3.33. The summed E-state index contributed by atoms with van der Waals surface area (Å²) in [6.45, 7) is 7.37. The molecule has 0 aliphatic carbocycles. The normalized spacial score (nSPS) is 11.6. The van der Waals surface area contributed by atoms with E-state index in [-0.39, 0.29) is 0 Å². The Hall–Kier alpha value is -2.23. The maximum absolute atomic E-state index is 4.17. The number of guanidine groups is 1. The molecular formula is C16H22N4. The number of aliphatic imine (C=N–C) groups is 1. The van der Waals surface area contributed by atoms with E-state index in [1.807, 2.05) is 6.08 Å². The number of nitrogens with zero attached hydrogens (tertiary/aromatic N) is 1. The minimum Gasteiger partial charge on any atom is -0.358 e. The molecule has 1 heterocycles. The van der Waals surface area contributed by atoms with E-state index in [1.54, 1.807) is 7.05 Å². The number of aromatic nitrogens is 1. The van der Waals surface area contributed by atoms with Crippen LogP contribution in [0.5, 0.6) is 0 Å². The lowest BCUT2D eigenvalue weighted by Crippen LogP contribution is -2.38. The van der Waals surface area contributed by atoms with Crippen LogP contribution in [0.4, 0.5) is 0 Å². The Bertz CT molecular complexity index is 610. The first-order valence-electron chi connectivity index (χ1n) is 6.88. The third-order valence-corrected chi connectivity index (χ3v) is 3.33. The first kappa shape index (κ1) is 14.2. The van der Waals surface area contributed by atoms with Crippen molar-refractivity contribution >= 4 is 16.9 Å². The van der Waals surface area contributed by atoms with Gasteiger partial charge in [0.1, 0.15) is 0 Å². The number of hydrogen-bond acceptors (Lipinski definition) is 1. The summed E-state index contributed by atoms with van der Waals surface area (Å²) in [7, 11) is 1.77. The lowest BCUT2D eigenvalue weighted by molar-refractivity contribution is 0.821. The molecule has 0 saturated heterocycles. The Kier molecular flexibility index (Phi) is 4.82. The predicted molar refractivity (Wildman–Crippen MR) is 86.3 cm³/mol. The fraction of sp³-hybridized carbons (Fsp3) is 0.312. The summed E-state index contributed by atoms with van der Waals surface area (Å²) in [4.78, 5) is 7.59. The molecule has 20 heavy (non-hydrogen) atoms. The molecule has 0 fully saturated rings. The first-order valence-corrected chi connectivity index (χ1v) is 6.88. The smallest absolute Gasteiger partial charge is 0.191 e. The van der Waals surface area contributed by atoms with Gasteiger partial charge in [-0.15, -0.1) is 6.58 Å². The molecule has 4 nitrogen and oxygen atoms in total. The second-order valence-corrected chi connectivity index (χ2v) is 4.69. The zero-order valence-corrected chi connectivity index (χ0v) is 12.2. The zero-order valence-electron chi connectivity index (χ0n) is 12.2. The summed E-state index contributed by atoms with van der Waals surface area (Å²) in [6.07, 6.45) is 2.78. The molecule has 0 unspecified atom stereocenters. The Morgan fingerprint density at radius 3 is 2.90 bits per heavy atom. The molecule has 0 saturated carbocycles. The number of hydrogen-bond donors (Lipinski definition) is 3. The van der Waals surface area contributed by atoms with Gasteiger partial charge in [-0.1, -0.05) is 24.3 Å². The SMILES string of the molecule is C=CCNC(=NC)NCCc1c(C)[nH]c2ccccc12. The molecule has 0 amide bonds. The Balaban J connectivity index is 1.99. The molecule has 3 N–H and O–H groups in total. The van der Waals surface area contributed by atoms with Crippen LogP contribution in [0.1, 0.15) is 11.3 Å². The number of nitrogens with one attached hydrogen (secondary N) is 3. The second kappa shape index (κ2) is 6.80. The maximum Gasteiger partial charge on any atom is 0.191 e. The van der Waals surface area contributed by atoms with E-state index >= 15 is 0 Å². The van der Waals surface area contributed by atoms with Gasteiger partial charge in [-0.05, 0) is 25.0 Å². The molecule has 2 aromatic rings. The molecule has 0 radical (unpaired) electrons. The number of para-hydroxylation sites is 1. The van der Waals surface area contributed by atoms with E-state index < -0.39 is 0 Å². The van der Waals surface area contributed by atoms with Crippen LogP contribution in [0, 0.1) is 6.92 Å². The first-order chi connectivity index (χ1) is 9.76. The van der Waals surface area contributed by atoms with E-state index in [4.69, 9.17) is 0 Å². The van der Waals surface area contributed by atoms with Crippen molar-refractivity contribution in [2.75, 3.05) is 20.1 Å². The van der Waals surface area contributed by atoms with Crippen molar-refractivity contribution in [3.63, 3.8) is 0 Å². The minimum atomic E-state index is 0.714. The molecular weight excluding hydrogens is 248 g/mol. The molecule has 0 spiro atoms. The number of aryl methyl sites for hydroxylation is 1. The van der Waals surface area contributed by atoms with Crippen molar-refractivity contribution in [2.45, 2.75) is 13.3 Å². The van der Waals surface area contributed by atoms with Crippen molar-refractivity contribution in [2.24, 2.45) is 4.99 Å². The topological polar surface area (TPSA) is 52.2 Å². The highest BCUT2D eigenvalue weighted by Gasteiger charge is 2.07. The zero-order chi connectivity index (χ0) is 14.4. The van der Waals surface area contributed by atoms with Crippen molar-refractivity contribution in [1.29, 1.82) is 0 Å². The lowest BCUT2D eigenvalue weighted by Gasteiger charge is -2.10. The second-order valence-electron chi connectivity index (χ2n) is 4.69. The van der Waals surface area contributed by atoms with Crippen LogP contribution in [-0.2, 0) is 6.42 Å². The van der Waals surface area contributed by atoms with Crippen LogP contribution in [0.25, 0.3) is 10.9 Å². The number of aromatic amines is 1. The summed E-state index contributed by atoms with van der Waals surface area (Å²) >= 11 is 0. The Labute approximate surface area is 120 Å². The summed E-state index contributed by atoms with van der Waals surface area (Å²) in [5, 5.41) is 7.78. The van der Waals surface area contributed by atoms with E-state index in [9.17, 15) is 0 Å². The molecule has 4 heteroatoms. The number of H-pyrrole nitrogens is 1. The fourth-order valence-corrected chi connectivity index (χ4v) is 2.35. The highest BCUT2D eigenvalue weighted by atomic mass is 15.2. The van der Waals surface area contributed by atoms with Crippen molar-refractivity contribution in [1.82, 2.24) is 15.6 Å². The predicted octanol–water partition coefficient (Wildman–Crippen LogP) is 2.37. The number of fused-ring (bicyclic) bond motifs is 1. The largest absolute Gasteiger partial charge is 0.358 e. The van der Waals surface area contributed by atoms with Gasteiger partial charge in [0.25, 0.3) is 0 Å². The lowest BCUT2D eigenvalue weighted by atomic mass is 10.1. The standard InChI is InChI=1S/C16H22N4/c1-4-10-18-16(17-3)19-11-9-13-12(2)20-15-8-6-5-7-14(13)15/h4-8,20H,1,9-11H2,2-3H3,(H2,17,18,19). The van der Waals surface area contributed by atoms with E-state index in [1.165, 1.54) is 22.2 Å². The summed E-state index contributed by atoms with van der Waals surface area (Å²) < 4.78 is 0. The van der Waals surface area contributed by atoms with Gasteiger partial charge >= 0.3 is 0 Å². The number of benzene rings is 1. The third kappa shape index (κ3) is 3.20. The van der Waals surface area contributed by atoms with Gasteiger partial charge in [-0.25, -0.2) is 0 Å². The van der Waals surface area contributed by atoms with Crippen molar-refractivity contribution < 1.29 is 0 Å². The van der Waals surface area contributed by atoms with Crippen molar-refractivity contribution in [3.8, 4) is 0 Å². The Morgan fingerprint density at radius 1 is 1.35 bits per heavy atom. The molecule has 0 bridgehead atoms. The van der Waals surface area contributed by atoms with E-state index in [0.717, 1.165) is 18.9 Å². The van der Waals surface area contributed by atoms with E-state index in [2.05, 4.69) is 58.4 Å². The van der Waals surface area contributed by atoms with Crippen LogP contribution in [0.2, 0.25) is 0 Å².